The molecule has 0 N–H and O–H groups in total. The lowest BCUT2D eigenvalue weighted by Crippen LogP contribution is -2.12. The van der Waals surface area contributed by atoms with E-state index in [2.05, 4.69) is 71.6 Å². The van der Waals surface area contributed by atoms with Crippen LogP contribution in [0.5, 0.6) is 0 Å². The summed E-state index contributed by atoms with van der Waals surface area (Å²) in [5, 5.41) is 0. The zero-order valence-corrected chi connectivity index (χ0v) is 12.7. The van der Waals surface area contributed by atoms with E-state index in [1.807, 2.05) is 0 Å². The first-order valence-corrected chi connectivity index (χ1v) is 6.93. The van der Waals surface area contributed by atoms with E-state index < -0.39 is 0 Å². The minimum absolute atomic E-state index is 0.220. The van der Waals surface area contributed by atoms with Crippen molar-refractivity contribution in [3.8, 4) is 11.8 Å². The van der Waals surface area contributed by atoms with Crippen LogP contribution in [0.3, 0.4) is 0 Å². The van der Waals surface area contributed by atoms with Gasteiger partial charge in [-0.2, -0.15) is 0 Å². The maximum absolute atomic E-state index is 3.27. The first kappa shape index (κ1) is 14.8. The van der Waals surface area contributed by atoms with Crippen molar-refractivity contribution in [3.05, 3.63) is 34.9 Å². The van der Waals surface area contributed by atoms with Gasteiger partial charge in [-0.15, -0.1) is 11.8 Å². The molecule has 0 amide bonds. The highest BCUT2D eigenvalue weighted by Gasteiger charge is 2.16. The van der Waals surface area contributed by atoms with Crippen LogP contribution < -0.4 is 0 Å². The molecule has 0 saturated carbocycles. The van der Waals surface area contributed by atoms with Crippen molar-refractivity contribution in [2.75, 3.05) is 0 Å². The Balaban J connectivity index is 3.00. The van der Waals surface area contributed by atoms with E-state index in [-0.39, 0.29) is 5.41 Å². The summed E-state index contributed by atoms with van der Waals surface area (Å²) in [5.74, 6) is 6.95. The Bertz CT molecular complexity index is 449. The number of hydrogen-bond donors (Lipinski definition) is 0. The summed E-state index contributed by atoms with van der Waals surface area (Å²) in [6.45, 7) is 13.4. The molecule has 0 aliphatic heterocycles. The van der Waals surface area contributed by atoms with E-state index in [9.17, 15) is 0 Å². The Hall–Kier alpha value is -1.22. The average molecular weight is 242 g/mol. The maximum atomic E-state index is 3.27. The summed E-state index contributed by atoms with van der Waals surface area (Å²) in [6.07, 6.45) is 1.91. The Kier molecular flexibility index (Phi) is 5.03. The van der Waals surface area contributed by atoms with Crippen LogP contribution in [-0.4, -0.2) is 0 Å². The number of benzene rings is 1. The molecule has 1 unspecified atom stereocenters. The lowest BCUT2D eigenvalue weighted by molar-refractivity contribution is 0.587. The standard InChI is InChI=1S/C18H26/c1-7-8-9-10-14(2)17-13-16(18(4,5)6)12-11-15(17)3/h11-14H,7,10H2,1-6H3. The van der Waals surface area contributed by atoms with E-state index in [1.165, 1.54) is 16.7 Å². The highest BCUT2D eigenvalue weighted by molar-refractivity contribution is 5.37. The highest BCUT2D eigenvalue weighted by atomic mass is 14.2. The number of hydrogen-bond acceptors (Lipinski definition) is 0. The second kappa shape index (κ2) is 6.10. The molecule has 0 fully saturated rings. The molecule has 0 aliphatic rings. The molecule has 1 atom stereocenters. The van der Waals surface area contributed by atoms with Gasteiger partial charge in [0.2, 0.25) is 0 Å². The number of aryl methyl sites for hydroxylation is 1. The second-order valence-electron chi connectivity index (χ2n) is 6.13. The second-order valence-corrected chi connectivity index (χ2v) is 6.13. The zero-order valence-electron chi connectivity index (χ0n) is 12.7. The third kappa shape index (κ3) is 3.91. The van der Waals surface area contributed by atoms with Gasteiger partial charge in [0.1, 0.15) is 0 Å². The summed E-state index contributed by atoms with van der Waals surface area (Å²) in [6, 6.07) is 6.87. The highest BCUT2D eigenvalue weighted by Crippen LogP contribution is 2.29. The predicted octanol–water partition coefficient (Wildman–Crippen LogP) is 5.20. The topological polar surface area (TPSA) is 0 Å². The summed E-state index contributed by atoms with van der Waals surface area (Å²) in [4.78, 5) is 0. The molecular formula is C18H26. The molecular weight excluding hydrogens is 216 g/mol. The molecule has 0 aliphatic carbocycles. The maximum Gasteiger partial charge on any atom is 0.0155 e. The average Bonchev–Trinajstić information content (AvgIpc) is 2.28. The van der Waals surface area contributed by atoms with Gasteiger partial charge in [-0.25, -0.2) is 0 Å². The van der Waals surface area contributed by atoms with Crippen LogP contribution >= 0.6 is 0 Å². The van der Waals surface area contributed by atoms with Crippen LogP contribution in [0.2, 0.25) is 0 Å². The van der Waals surface area contributed by atoms with Crippen LogP contribution in [-0.2, 0) is 5.41 Å². The Morgan fingerprint density at radius 2 is 1.83 bits per heavy atom. The van der Waals surface area contributed by atoms with Crippen molar-refractivity contribution in [1.82, 2.24) is 0 Å². The van der Waals surface area contributed by atoms with E-state index in [4.69, 9.17) is 0 Å². The molecule has 0 saturated heterocycles. The predicted molar refractivity (Wildman–Crippen MR) is 81.0 cm³/mol. The lowest BCUT2D eigenvalue weighted by Gasteiger charge is -2.22. The van der Waals surface area contributed by atoms with Gasteiger partial charge in [-0.3, -0.25) is 0 Å². The van der Waals surface area contributed by atoms with Crippen molar-refractivity contribution in [2.45, 2.75) is 65.7 Å². The fourth-order valence-electron chi connectivity index (χ4n) is 2.10. The molecule has 0 heterocycles. The summed E-state index contributed by atoms with van der Waals surface area (Å²) in [7, 11) is 0. The molecule has 0 bridgehead atoms. The van der Waals surface area contributed by atoms with Crippen LogP contribution in [0, 0.1) is 18.8 Å². The van der Waals surface area contributed by atoms with Crippen molar-refractivity contribution < 1.29 is 0 Å². The van der Waals surface area contributed by atoms with E-state index in [1.54, 1.807) is 0 Å². The van der Waals surface area contributed by atoms with Crippen molar-refractivity contribution in [1.29, 1.82) is 0 Å². The third-order valence-electron chi connectivity index (χ3n) is 3.39. The van der Waals surface area contributed by atoms with Gasteiger partial charge >= 0.3 is 0 Å². The molecule has 0 spiro atoms. The molecule has 18 heavy (non-hydrogen) atoms. The van der Waals surface area contributed by atoms with Gasteiger partial charge < -0.3 is 0 Å². The van der Waals surface area contributed by atoms with Gasteiger partial charge in [0, 0.05) is 12.8 Å². The van der Waals surface area contributed by atoms with Gasteiger partial charge in [-0.1, -0.05) is 52.8 Å². The van der Waals surface area contributed by atoms with Crippen LogP contribution in [0.15, 0.2) is 18.2 Å². The molecule has 0 radical (unpaired) electrons. The summed E-state index contributed by atoms with van der Waals surface area (Å²) < 4.78 is 0. The van der Waals surface area contributed by atoms with Gasteiger partial charge in [0.15, 0.2) is 0 Å². The normalized spacial score (nSPS) is 12.8. The minimum Gasteiger partial charge on any atom is -0.104 e. The smallest absolute Gasteiger partial charge is 0.0155 e. The zero-order chi connectivity index (χ0) is 13.8. The fraction of sp³-hybridized carbons (Fsp3) is 0.556. The fourth-order valence-corrected chi connectivity index (χ4v) is 2.10. The monoisotopic (exact) mass is 242 g/mol. The van der Waals surface area contributed by atoms with Gasteiger partial charge in [-0.05, 0) is 34.9 Å². The van der Waals surface area contributed by atoms with Gasteiger partial charge in [0.25, 0.3) is 0 Å². The Morgan fingerprint density at radius 1 is 1.17 bits per heavy atom. The molecule has 98 valence electrons. The SMILES string of the molecule is CCC#CCC(C)c1cc(C(C)(C)C)ccc1C. The largest absolute Gasteiger partial charge is 0.104 e. The van der Waals surface area contributed by atoms with E-state index in [0.717, 1.165) is 12.8 Å². The van der Waals surface area contributed by atoms with Gasteiger partial charge in [0.05, 0.1) is 0 Å². The summed E-state index contributed by atoms with van der Waals surface area (Å²) in [5.41, 5.74) is 4.47. The Morgan fingerprint density at radius 3 is 2.39 bits per heavy atom. The third-order valence-corrected chi connectivity index (χ3v) is 3.39. The van der Waals surface area contributed by atoms with Crippen LogP contribution in [0.25, 0.3) is 0 Å². The first-order chi connectivity index (χ1) is 8.36. The van der Waals surface area contributed by atoms with Crippen LogP contribution in [0.1, 0.15) is 70.1 Å². The molecule has 1 aromatic rings. The summed E-state index contributed by atoms with van der Waals surface area (Å²) >= 11 is 0. The molecule has 1 aromatic carbocycles. The first-order valence-electron chi connectivity index (χ1n) is 6.93. The molecule has 1 rings (SSSR count). The van der Waals surface area contributed by atoms with Crippen molar-refractivity contribution in [3.63, 3.8) is 0 Å². The van der Waals surface area contributed by atoms with Crippen LogP contribution in [0.4, 0.5) is 0 Å². The van der Waals surface area contributed by atoms with Crippen molar-refractivity contribution >= 4 is 0 Å². The molecule has 0 nitrogen and oxygen atoms in total. The van der Waals surface area contributed by atoms with Crippen molar-refractivity contribution in [2.24, 2.45) is 0 Å². The lowest BCUT2D eigenvalue weighted by atomic mass is 9.83. The van der Waals surface area contributed by atoms with E-state index >= 15 is 0 Å². The molecule has 0 heteroatoms. The van der Waals surface area contributed by atoms with E-state index in [0.29, 0.717) is 5.92 Å². The Labute approximate surface area is 113 Å². The number of rotatable bonds is 2. The minimum atomic E-state index is 0.220. The molecule has 0 aromatic heterocycles. The quantitative estimate of drug-likeness (QED) is 0.625.